The van der Waals surface area contributed by atoms with Crippen LogP contribution in [0.3, 0.4) is 0 Å². The van der Waals surface area contributed by atoms with E-state index < -0.39 is 16.7 Å². The molecule has 0 aromatic heterocycles. The molecule has 26 heavy (non-hydrogen) atoms. The Morgan fingerprint density at radius 1 is 1.08 bits per heavy atom. The van der Waals surface area contributed by atoms with Crippen LogP contribution in [0.25, 0.3) is 0 Å². The largest absolute Gasteiger partial charge is 0.497 e. The van der Waals surface area contributed by atoms with Gasteiger partial charge in [0.05, 0.1) is 18.6 Å². The van der Waals surface area contributed by atoms with Gasteiger partial charge in [0.2, 0.25) is 0 Å². The van der Waals surface area contributed by atoms with Crippen molar-refractivity contribution in [2.75, 3.05) is 25.6 Å². The smallest absolute Gasteiger partial charge is 0.313 e. The number of rotatable bonds is 7. The number of carbonyl (C=O) groups excluding carboxylic acids is 2. The Labute approximate surface area is 149 Å². The minimum absolute atomic E-state index is 0.118. The molecule has 0 heterocycles. The summed E-state index contributed by atoms with van der Waals surface area (Å²) >= 11 is 0. The van der Waals surface area contributed by atoms with E-state index in [2.05, 4.69) is 10.6 Å². The van der Waals surface area contributed by atoms with Crippen molar-refractivity contribution >= 4 is 23.2 Å². The normalized spacial score (nSPS) is 9.88. The highest BCUT2D eigenvalue weighted by molar-refractivity contribution is 6.39. The fourth-order valence-corrected chi connectivity index (χ4v) is 1.97. The van der Waals surface area contributed by atoms with Crippen molar-refractivity contribution in [3.8, 4) is 11.5 Å². The van der Waals surface area contributed by atoms with Crippen LogP contribution >= 0.6 is 0 Å². The predicted molar refractivity (Wildman–Crippen MR) is 93.2 cm³/mol. The molecule has 9 heteroatoms. The van der Waals surface area contributed by atoms with Crippen molar-refractivity contribution in [2.45, 2.75) is 0 Å². The van der Waals surface area contributed by atoms with Gasteiger partial charge >= 0.3 is 11.8 Å². The number of hydrogen-bond donors (Lipinski definition) is 2. The molecule has 2 N–H and O–H groups in total. The lowest BCUT2D eigenvalue weighted by Crippen LogP contribution is -2.37. The van der Waals surface area contributed by atoms with Gasteiger partial charge in [-0.25, -0.2) is 0 Å². The summed E-state index contributed by atoms with van der Waals surface area (Å²) < 4.78 is 10.4. The van der Waals surface area contributed by atoms with Crippen molar-refractivity contribution in [2.24, 2.45) is 0 Å². The van der Waals surface area contributed by atoms with Gasteiger partial charge in [-0.05, 0) is 30.3 Å². The minimum Gasteiger partial charge on any atom is -0.497 e. The quantitative estimate of drug-likeness (QED) is 0.336. The van der Waals surface area contributed by atoms with Crippen LogP contribution in [0.4, 0.5) is 11.4 Å². The Hall–Kier alpha value is -3.62. The van der Waals surface area contributed by atoms with Crippen molar-refractivity contribution < 1.29 is 24.0 Å². The van der Waals surface area contributed by atoms with Crippen molar-refractivity contribution in [3.63, 3.8) is 0 Å². The zero-order chi connectivity index (χ0) is 18.9. The summed E-state index contributed by atoms with van der Waals surface area (Å²) in [5.41, 5.74) is -0.0232. The molecular weight excluding hydrogens is 342 g/mol. The first-order chi connectivity index (χ1) is 12.5. The number of hydrogen-bond acceptors (Lipinski definition) is 6. The number of amides is 2. The molecule has 0 unspecified atom stereocenters. The second-order valence-electron chi connectivity index (χ2n) is 5.04. The maximum Gasteiger partial charge on any atom is 0.313 e. The fraction of sp³-hybridized carbons (Fsp3) is 0.176. The Morgan fingerprint density at radius 2 is 1.77 bits per heavy atom. The van der Waals surface area contributed by atoms with Crippen LogP contribution < -0.4 is 20.1 Å². The second-order valence-corrected chi connectivity index (χ2v) is 5.04. The van der Waals surface area contributed by atoms with Crippen molar-refractivity contribution in [1.82, 2.24) is 5.32 Å². The molecule has 136 valence electrons. The lowest BCUT2D eigenvalue weighted by Gasteiger charge is -2.08. The Morgan fingerprint density at radius 3 is 2.42 bits per heavy atom. The number of benzene rings is 2. The Balaban J connectivity index is 1.75. The fourth-order valence-electron chi connectivity index (χ4n) is 1.97. The molecule has 0 saturated carbocycles. The minimum atomic E-state index is -0.921. The van der Waals surface area contributed by atoms with Crippen LogP contribution in [0.15, 0.2) is 48.5 Å². The van der Waals surface area contributed by atoms with Crippen LogP contribution in [0.2, 0.25) is 0 Å². The summed E-state index contributed by atoms with van der Waals surface area (Å²) in [4.78, 5) is 33.6. The van der Waals surface area contributed by atoms with E-state index in [-0.39, 0.29) is 24.5 Å². The van der Waals surface area contributed by atoms with E-state index in [4.69, 9.17) is 9.47 Å². The van der Waals surface area contributed by atoms with Crippen LogP contribution in [0.1, 0.15) is 0 Å². The maximum atomic E-state index is 11.8. The van der Waals surface area contributed by atoms with E-state index in [0.29, 0.717) is 11.5 Å². The number of non-ortho nitro benzene ring substituents is 1. The molecule has 0 aliphatic carbocycles. The molecule has 2 aromatic rings. The molecule has 0 atom stereocenters. The van der Waals surface area contributed by atoms with Crippen molar-refractivity contribution in [1.29, 1.82) is 0 Å². The highest BCUT2D eigenvalue weighted by Crippen LogP contribution is 2.17. The number of ether oxygens (including phenoxy) is 2. The van der Waals surface area contributed by atoms with Gasteiger partial charge in [0.25, 0.3) is 5.69 Å². The summed E-state index contributed by atoms with van der Waals surface area (Å²) in [6.07, 6.45) is 0. The molecule has 0 bridgehead atoms. The summed E-state index contributed by atoms with van der Waals surface area (Å²) in [6, 6.07) is 12.2. The number of nitrogens with zero attached hydrogens (tertiary/aromatic N) is 1. The number of carbonyl (C=O) groups is 2. The SMILES string of the molecule is COc1ccc(OCCNC(=O)C(=O)Nc2cccc([N+](=O)[O-])c2)cc1. The summed E-state index contributed by atoms with van der Waals surface area (Å²) in [7, 11) is 1.56. The van der Waals surface area contributed by atoms with Crippen LogP contribution in [-0.2, 0) is 9.59 Å². The topological polar surface area (TPSA) is 120 Å². The summed E-state index contributed by atoms with van der Waals surface area (Å²) in [6.45, 7) is 0.287. The van der Waals surface area contributed by atoms with Gasteiger partial charge in [0, 0.05) is 17.8 Å². The van der Waals surface area contributed by atoms with Gasteiger partial charge in [-0.2, -0.15) is 0 Å². The molecule has 0 aliphatic heterocycles. The molecular formula is C17H17N3O6. The molecule has 0 spiro atoms. The van der Waals surface area contributed by atoms with Gasteiger partial charge in [-0.15, -0.1) is 0 Å². The number of nitro groups is 1. The molecule has 2 amide bonds. The van der Waals surface area contributed by atoms with E-state index in [9.17, 15) is 19.7 Å². The van der Waals surface area contributed by atoms with E-state index in [1.54, 1.807) is 31.4 Å². The predicted octanol–water partition coefficient (Wildman–Crippen LogP) is 1.74. The van der Waals surface area contributed by atoms with Gasteiger partial charge in [-0.3, -0.25) is 19.7 Å². The van der Waals surface area contributed by atoms with Crippen LogP contribution in [0.5, 0.6) is 11.5 Å². The first-order valence-corrected chi connectivity index (χ1v) is 7.60. The second kappa shape index (κ2) is 9.02. The van der Waals surface area contributed by atoms with Crippen molar-refractivity contribution in [3.05, 3.63) is 58.6 Å². The first kappa shape index (κ1) is 18.7. The van der Waals surface area contributed by atoms with E-state index in [1.165, 1.54) is 18.2 Å². The lowest BCUT2D eigenvalue weighted by atomic mass is 10.3. The average molecular weight is 359 g/mol. The molecule has 2 aromatic carbocycles. The zero-order valence-electron chi connectivity index (χ0n) is 13.9. The number of nitro benzene ring substituents is 1. The standard InChI is InChI=1S/C17H17N3O6/c1-25-14-5-7-15(8-6-14)26-10-9-18-16(21)17(22)19-12-3-2-4-13(11-12)20(23)24/h2-8,11H,9-10H2,1H3,(H,18,21)(H,19,22). The first-order valence-electron chi connectivity index (χ1n) is 7.60. The lowest BCUT2D eigenvalue weighted by molar-refractivity contribution is -0.384. The Bertz CT molecular complexity index is 791. The number of methoxy groups -OCH3 is 1. The van der Waals surface area contributed by atoms with Gasteiger partial charge in [0.1, 0.15) is 18.1 Å². The summed E-state index contributed by atoms with van der Waals surface area (Å²) in [5.74, 6) is -0.491. The third kappa shape index (κ3) is 5.48. The van der Waals surface area contributed by atoms with Crippen LogP contribution in [0, 0.1) is 10.1 Å². The molecule has 0 aliphatic rings. The van der Waals surface area contributed by atoms with Gasteiger partial charge in [-0.1, -0.05) is 6.07 Å². The highest BCUT2D eigenvalue weighted by Gasteiger charge is 2.14. The summed E-state index contributed by atoms with van der Waals surface area (Å²) in [5, 5.41) is 15.4. The number of nitrogens with one attached hydrogen (secondary N) is 2. The third-order valence-electron chi connectivity index (χ3n) is 3.24. The molecule has 9 nitrogen and oxygen atoms in total. The molecule has 2 rings (SSSR count). The number of anilines is 1. The van der Waals surface area contributed by atoms with Gasteiger partial charge < -0.3 is 20.1 Å². The van der Waals surface area contributed by atoms with E-state index >= 15 is 0 Å². The zero-order valence-corrected chi connectivity index (χ0v) is 13.9. The average Bonchev–Trinajstić information content (AvgIpc) is 2.65. The van der Waals surface area contributed by atoms with E-state index in [0.717, 1.165) is 6.07 Å². The third-order valence-corrected chi connectivity index (χ3v) is 3.24. The molecule has 0 fully saturated rings. The Kier molecular flexibility index (Phi) is 6.49. The highest BCUT2D eigenvalue weighted by atomic mass is 16.6. The monoisotopic (exact) mass is 359 g/mol. The maximum absolute atomic E-state index is 11.8. The van der Waals surface area contributed by atoms with Crippen LogP contribution in [-0.4, -0.2) is 37.0 Å². The molecule has 0 radical (unpaired) electrons. The van der Waals surface area contributed by atoms with Gasteiger partial charge in [0.15, 0.2) is 0 Å². The van der Waals surface area contributed by atoms with E-state index in [1.807, 2.05) is 0 Å². The molecule has 0 saturated heterocycles.